The Labute approximate surface area is 347 Å². The molecule has 298 valence electrons. The number of nitriles is 2. The first-order chi connectivity index (χ1) is 26.9. The van der Waals surface area contributed by atoms with Gasteiger partial charge in [0.25, 0.3) is 0 Å². The van der Waals surface area contributed by atoms with E-state index >= 15 is 0 Å². The summed E-state index contributed by atoms with van der Waals surface area (Å²) >= 11 is 0. The molecule has 0 aliphatic carbocycles. The van der Waals surface area contributed by atoms with Crippen molar-refractivity contribution in [1.82, 2.24) is 9.13 Å². The molecule has 0 saturated carbocycles. The fraction of sp³-hybridized carbons (Fsp3) is 0.407. The van der Waals surface area contributed by atoms with Crippen LogP contribution in [0.4, 0.5) is 0 Å². The fourth-order valence-corrected chi connectivity index (χ4v) is 8.97. The molecule has 0 aliphatic heterocycles. The number of benzene rings is 5. The summed E-state index contributed by atoms with van der Waals surface area (Å²) in [5, 5.41) is 27.5. The van der Waals surface area contributed by atoms with Crippen LogP contribution >= 0.6 is 0 Å². The van der Waals surface area contributed by atoms with Gasteiger partial charge in [0.2, 0.25) is 0 Å². The second-order valence-electron chi connectivity index (χ2n) is 21.4. The van der Waals surface area contributed by atoms with E-state index in [0.717, 1.165) is 44.6 Å². The molecule has 0 fully saturated rings. The van der Waals surface area contributed by atoms with Crippen LogP contribution in [0.1, 0.15) is 167 Å². The molecule has 0 aliphatic rings. The normalized spacial score (nSPS) is 13.1. The maximum atomic E-state index is 11.4. The van der Waals surface area contributed by atoms with Crippen LogP contribution in [0.25, 0.3) is 55.0 Å². The molecule has 0 N–H and O–H groups in total. The lowest BCUT2D eigenvalue weighted by Crippen LogP contribution is -2.16. The molecule has 0 unspecified atom stereocenters. The molecule has 0 radical (unpaired) electrons. The number of hydrogen-bond acceptors (Lipinski definition) is 2. The third-order valence-electron chi connectivity index (χ3n) is 12.3. The monoisotopic (exact) mass is 766 g/mol. The van der Waals surface area contributed by atoms with Gasteiger partial charge in [0.05, 0.1) is 44.6 Å². The second kappa shape index (κ2) is 13.6. The summed E-state index contributed by atoms with van der Waals surface area (Å²) < 4.78 is 4.72. The lowest BCUT2D eigenvalue weighted by atomic mass is 9.83. The third kappa shape index (κ3) is 6.50. The van der Waals surface area contributed by atoms with Crippen LogP contribution in [0.5, 0.6) is 0 Å². The molecule has 2 aromatic heterocycles. The first kappa shape index (κ1) is 40.9. The van der Waals surface area contributed by atoms with Crippen molar-refractivity contribution in [3.05, 3.63) is 117 Å². The van der Waals surface area contributed by atoms with Gasteiger partial charge in [-0.2, -0.15) is 10.5 Å². The van der Waals surface area contributed by atoms with Crippen LogP contribution in [-0.4, -0.2) is 9.13 Å². The predicted octanol–water partition coefficient (Wildman–Crippen LogP) is 15.1. The highest BCUT2D eigenvalue weighted by molar-refractivity contribution is 6.12. The van der Waals surface area contributed by atoms with Crippen LogP contribution in [0.15, 0.2) is 72.8 Å². The molecule has 0 amide bonds. The maximum absolute atomic E-state index is 11.4. The van der Waals surface area contributed by atoms with Crippen molar-refractivity contribution in [2.45, 2.75) is 144 Å². The summed E-state index contributed by atoms with van der Waals surface area (Å²) in [6.07, 6.45) is 0. The van der Waals surface area contributed by atoms with Crippen LogP contribution in [-0.2, 0) is 21.7 Å². The van der Waals surface area contributed by atoms with E-state index < -0.39 is 0 Å². The number of hydrogen-bond donors (Lipinski definition) is 0. The van der Waals surface area contributed by atoms with Gasteiger partial charge < -0.3 is 9.13 Å². The van der Waals surface area contributed by atoms with Crippen molar-refractivity contribution >= 4 is 43.6 Å². The molecule has 4 heteroatoms. The van der Waals surface area contributed by atoms with E-state index in [2.05, 4.69) is 205 Å². The Bertz CT molecular complexity index is 2550. The summed E-state index contributed by atoms with van der Waals surface area (Å²) in [7, 11) is 0. The van der Waals surface area contributed by atoms with Crippen LogP contribution in [0.3, 0.4) is 0 Å². The minimum atomic E-state index is -0.0934. The number of nitrogens with zero attached hydrogens (tertiary/aromatic N) is 4. The van der Waals surface area contributed by atoms with Gasteiger partial charge in [0, 0.05) is 27.1 Å². The zero-order valence-electron chi connectivity index (χ0n) is 37.9. The topological polar surface area (TPSA) is 57.4 Å². The highest BCUT2D eigenvalue weighted by Gasteiger charge is 2.33. The van der Waals surface area contributed by atoms with Gasteiger partial charge in [0.1, 0.15) is 12.1 Å². The molecular formula is C54H62N4. The lowest BCUT2D eigenvalue weighted by molar-refractivity contribution is 0.590. The van der Waals surface area contributed by atoms with E-state index in [4.69, 9.17) is 0 Å². The number of fused-ring (bicyclic) bond motifs is 6. The molecule has 7 aromatic rings. The zero-order chi connectivity index (χ0) is 42.6. The van der Waals surface area contributed by atoms with Crippen LogP contribution in [0, 0.1) is 22.7 Å². The zero-order valence-corrected chi connectivity index (χ0v) is 37.9. The summed E-state index contributed by atoms with van der Waals surface area (Å²) in [5.74, 6) is -0.139. The average molecular weight is 767 g/mol. The van der Waals surface area contributed by atoms with Crippen molar-refractivity contribution in [3.63, 3.8) is 0 Å². The minimum Gasteiger partial charge on any atom is -0.308 e. The fourth-order valence-electron chi connectivity index (χ4n) is 8.97. The molecule has 5 aromatic carbocycles. The third-order valence-corrected chi connectivity index (χ3v) is 12.3. The van der Waals surface area contributed by atoms with E-state index in [1.807, 2.05) is 0 Å². The van der Waals surface area contributed by atoms with Crippen molar-refractivity contribution in [3.8, 4) is 23.5 Å². The Balaban J connectivity index is 1.77. The lowest BCUT2D eigenvalue weighted by Gasteiger charge is -2.28. The first-order valence-corrected chi connectivity index (χ1v) is 21.1. The van der Waals surface area contributed by atoms with Gasteiger partial charge >= 0.3 is 0 Å². The van der Waals surface area contributed by atoms with Gasteiger partial charge in [0.15, 0.2) is 0 Å². The predicted molar refractivity (Wildman–Crippen MR) is 248 cm³/mol. The second-order valence-corrected chi connectivity index (χ2v) is 21.4. The Kier molecular flexibility index (Phi) is 9.60. The first-order valence-electron chi connectivity index (χ1n) is 21.1. The van der Waals surface area contributed by atoms with E-state index in [9.17, 15) is 10.5 Å². The van der Waals surface area contributed by atoms with E-state index in [0.29, 0.717) is 11.1 Å². The van der Waals surface area contributed by atoms with Gasteiger partial charge in [-0.25, -0.2) is 0 Å². The average Bonchev–Trinajstić information content (AvgIpc) is 3.63. The molecule has 0 atom stereocenters. The van der Waals surface area contributed by atoms with Gasteiger partial charge in [-0.3, -0.25) is 0 Å². The van der Waals surface area contributed by atoms with Crippen molar-refractivity contribution in [1.29, 1.82) is 10.5 Å². The Hall–Kier alpha value is -5.32. The van der Waals surface area contributed by atoms with Gasteiger partial charge in [-0.1, -0.05) is 135 Å². The smallest absolute Gasteiger partial charge is 0.102 e. The SMILES string of the molecule is CC(C)c1c(C#N)c(-n2c3ccc(C(C)(C)C)cc3c3cc(C(C)(C)C)ccc32)c(C(C)C)c(-n2c3ccc(C(C)(C)C)cc3c3cc(C(C)(C)C)ccc32)c1C#N. The molecule has 0 saturated heterocycles. The van der Waals surface area contributed by atoms with E-state index in [1.54, 1.807) is 0 Å². The Morgan fingerprint density at radius 2 is 0.638 bits per heavy atom. The molecule has 0 bridgehead atoms. The minimum absolute atomic E-state index is 0.0456. The molecule has 58 heavy (non-hydrogen) atoms. The molecule has 4 nitrogen and oxygen atoms in total. The quantitative estimate of drug-likeness (QED) is 0.179. The molecule has 2 heterocycles. The Morgan fingerprint density at radius 3 is 0.828 bits per heavy atom. The van der Waals surface area contributed by atoms with Crippen molar-refractivity contribution < 1.29 is 0 Å². The summed E-state index contributed by atoms with van der Waals surface area (Å²) in [5.41, 5.74) is 13.8. The Morgan fingerprint density at radius 1 is 0.397 bits per heavy atom. The van der Waals surface area contributed by atoms with Crippen LogP contribution < -0.4 is 0 Å². The van der Waals surface area contributed by atoms with E-state index in [1.165, 1.54) is 43.8 Å². The highest BCUT2D eigenvalue weighted by Crippen LogP contribution is 2.47. The van der Waals surface area contributed by atoms with Crippen molar-refractivity contribution in [2.24, 2.45) is 0 Å². The van der Waals surface area contributed by atoms with Crippen LogP contribution in [0.2, 0.25) is 0 Å². The summed E-state index contributed by atoms with van der Waals surface area (Å²) in [4.78, 5) is 0. The molecule has 0 spiro atoms. The molecule has 7 rings (SSSR count). The summed E-state index contributed by atoms with van der Waals surface area (Å²) in [6, 6.07) is 32.9. The van der Waals surface area contributed by atoms with E-state index in [-0.39, 0.29) is 33.5 Å². The van der Waals surface area contributed by atoms with Gasteiger partial charge in [-0.15, -0.1) is 0 Å². The number of aromatic nitrogens is 2. The number of rotatable bonds is 4. The standard InChI is InChI=1S/C54H62N4/c1-31(2)47-41(29-55)49(57-43-21-17-33(51(5,6)7)25-37(43)38-26-34(52(8,9)10)18-22-44(38)57)48(32(3)4)50(42(47)30-56)58-45-23-19-35(53(11,12)13)27-39(45)40-28-36(54(14,15)16)20-24-46(40)58/h17-28,31-32H,1-16H3. The largest absolute Gasteiger partial charge is 0.308 e. The highest BCUT2D eigenvalue weighted by atomic mass is 15.0. The van der Waals surface area contributed by atoms with Crippen molar-refractivity contribution in [2.75, 3.05) is 0 Å². The molecular weight excluding hydrogens is 705 g/mol. The maximum Gasteiger partial charge on any atom is 0.102 e. The van der Waals surface area contributed by atoms with Gasteiger partial charge in [-0.05, 0) is 110 Å². The summed E-state index contributed by atoms with van der Waals surface area (Å²) in [6.45, 7) is 35.8.